The number of fused-ring (bicyclic) bond motifs is 47. The largest absolute Gasteiger partial charge is 0.455 e. The predicted octanol–water partition coefficient (Wildman–Crippen LogP) is 29.0. The average Bonchev–Trinajstić information content (AvgIpc) is 1.42. The van der Waals surface area contributed by atoms with Crippen molar-refractivity contribution in [3.63, 3.8) is 0 Å². The number of furan rings is 3. The van der Waals surface area contributed by atoms with Gasteiger partial charge in [0.05, 0.1) is 71.3 Å². The molecular formula is C114H61N13O3. The van der Waals surface area contributed by atoms with Gasteiger partial charge in [0.1, 0.15) is 33.4 Å². The van der Waals surface area contributed by atoms with Gasteiger partial charge in [-0.15, -0.1) is 0 Å². The molecule has 0 saturated carbocycles. The monoisotopic (exact) mass is 1660 g/mol. The van der Waals surface area contributed by atoms with Gasteiger partial charge >= 0.3 is 0 Å². The van der Waals surface area contributed by atoms with Crippen molar-refractivity contribution in [2.24, 2.45) is 0 Å². The molecule has 0 aliphatic heterocycles. The van der Waals surface area contributed by atoms with Crippen LogP contribution in [-0.2, 0) is 0 Å². The van der Waals surface area contributed by atoms with Crippen molar-refractivity contribution in [1.82, 2.24) is 63.5 Å². The summed E-state index contributed by atoms with van der Waals surface area (Å²) in [6, 6.07) is 112. The molecule has 0 amide bonds. The summed E-state index contributed by atoms with van der Waals surface area (Å²) in [4.78, 5) is 50.1. The van der Waals surface area contributed by atoms with E-state index in [0.29, 0.717) is 17.8 Å². The molecule has 0 spiro atoms. The van der Waals surface area contributed by atoms with Gasteiger partial charge in [-0.3, -0.25) is 33.6 Å². The first-order valence-corrected chi connectivity index (χ1v) is 43.4. The minimum Gasteiger partial charge on any atom is -0.455 e. The zero-order valence-corrected chi connectivity index (χ0v) is 68.8. The van der Waals surface area contributed by atoms with Crippen LogP contribution in [0.5, 0.6) is 0 Å². The Morgan fingerprint density at radius 3 is 1.28 bits per heavy atom. The van der Waals surface area contributed by atoms with Crippen LogP contribution in [0.2, 0.25) is 0 Å². The lowest BCUT2D eigenvalue weighted by Crippen LogP contribution is -2.02. The summed E-state index contributed by atoms with van der Waals surface area (Å²) in [5, 5.41) is 35.1. The third-order valence-electron chi connectivity index (χ3n) is 26.8. The number of para-hydroxylation sites is 2. The third-order valence-corrected chi connectivity index (χ3v) is 26.8. The Kier molecular flexibility index (Phi) is 14.5. The number of hydrogen-bond donors (Lipinski definition) is 0. The van der Waals surface area contributed by atoms with Crippen LogP contribution in [0.3, 0.4) is 0 Å². The second-order valence-electron chi connectivity index (χ2n) is 33.5. The highest BCUT2D eigenvalue weighted by Crippen LogP contribution is 2.52. The molecule has 600 valence electrons. The van der Waals surface area contributed by atoms with Crippen LogP contribution in [0, 0.1) is 0 Å². The average molecular weight is 1660 g/mol. The van der Waals surface area contributed by atoms with E-state index >= 15 is 0 Å². The maximum absolute atomic E-state index is 6.78. The van der Waals surface area contributed by atoms with Gasteiger partial charge in [0, 0.05) is 141 Å². The van der Waals surface area contributed by atoms with Crippen LogP contribution < -0.4 is 0 Å². The fourth-order valence-corrected chi connectivity index (χ4v) is 21.3. The first-order chi connectivity index (χ1) is 64.5. The van der Waals surface area contributed by atoms with E-state index in [1.165, 1.54) is 37.7 Å². The summed E-state index contributed by atoms with van der Waals surface area (Å²) in [6.45, 7) is 0. The van der Waals surface area contributed by atoms with Crippen LogP contribution in [0.1, 0.15) is 0 Å². The summed E-state index contributed by atoms with van der Waals surface area (Å²) >= 11 is 0. The van der Waals surface area contributed by atoms with E-state index in [-0.39, 0.29) is 0 Å². The lowest BCUT2D eigenvalue weighted by molar-refractivity contribution is 0.671. The Balaban J connectivity index is 0.0000000962. The lowest BCUT2D eigenvalue weighted by atomic mass is 9.98. The minimum absolute atomic E-state index is 0.593. The lowest BCUT2D eigenvalue weighted by Gasteiger charge is -2.12. The number of hydrogen-bond acceptors (Lipinski definition) is 13. The molecule has 130 heavy (non-hydrogen) atoms. The van der Waals surface area contributed by atoms with Gasteiger partial charge in [0.25, 0.3) is 0 Å². The highest BCUT2D eigenvalue weighted by molar-refractivity contribution is 6.40. The fourth-order valence-electron chi connectivity index (χ4n) is 21.3. The van der Waals surface area contributed by atoms with Crippen LogP contribution in [-0.4, -0.2) is 63.5 Å². The van der Waals surface area contributed by atoms with Crippen molar-refractivity contribution >= 4 is 272 Å². The third kappa shape index (κ3) is 9.86. The van der Waals surface area contributed by atoms with Crippen molar-refractivity contribution in [1.29, 1.82) is 0 Å². The second kappa shape index (κ2) is 26.8. The molecule has 0 fully saturated rings. The minimum atomic E-state index is 0.593. The van der Waals surface area contributed by atoms with Gasteiger partial charge in [0.2, 0.25) is 17.8 Å². The normalized spacial score (nSPS) is 12.3. The van der Waals surface area contributed by atoms with Crippen molar-refractivity contribution in [3.05, 3.63) is 371 Å². The SMILES string of the molecule is c1ccc2c(c1)ccc1c2c2c3cccnc3c3oc4ccccc4c3c2n1-c1ncc2c3ccccc3c3ccccc3c2n1.c1ccc2c(c1)ccc1nc(-n3c4cccnc4c4c5ccncc5c5oc6c7ccccc7ccc6c5c43)ncc12.c1ccc2cc3c(cc2c1)c1c2cccnc2c2oc4ccccc4c2c1n3-c1ncc2c(ccc3ccccc32)n1. The summed E-state index contributed by atoms with van der Waals surface area (Å²) in [7, 11) is 0. The molecule has 0 atom stereocenters. The van der Waals surface area contributed by atoms with Crippen LogP contribution >= 0.6 is 0 Å². The molecule has 0 bridgehead atoms. The van der Waals surface area contributed by atoms with Crippen LogP contribution in [0.25, 0.3) is 290 Å². The summed E-state index contributed by atoms with van der Waals surface area (Å²) in [5.41, 5.74) is 16.3. The van der Waals surface area contributed by atoms with E-state index in [1.54, 1.807) is 0 Å². The van der Waals surface area contributed by atoms with Crippen LogP contribution in [0.15, 0.2) is 384 Å². The van der Waals surface area contributed by atoms with Crippen LogP contribution in [0.4, 0.5) is 0 Å². The summed E-state index contributed by atoms with van der Waals surface area (Å²) in [5.74, 6) is 1.84. The number of nitrogens with zero attached hydrogens (tertiary/aromatic N) is 13. The molecular weight excluding hydrogens is 1600 g/mol. The smallest absolute Gasteiger partial charge is 0.235 e. The Hall–Kier alpha value is -18.0. The highest BCUT2D eigenvalue weighted by atomic mass is 16.3. The maximum Gasteiger partial charge on any atom is 0.235 e. The molecule has 16 nitrogen and oxygen atoms in total. The van der Waals surface area contributed by atoms with E-state index in [4.69, 9.17) is 58.1 Å². The molecule has 0 radical (unpaired) electrons. The highest BCUT2D eigenvalue weighted by Gasteiger charge is 2.31. The number of pyridine rings is 4. The molecule has 13 heterocycles. The van der Waals surface area contributed by atoms with E-state index in [1.807, 2.05) is 98.1 Å². The van der Waals surface area contributed by atoms with Gasteiger partial charge in [-0.1, -0.05) is 243 Å². The summed E-state index contributed by atoms with van der Waals surface area (Å²) in [6.07, 6.45) is 15.2. The molecule has 0 saturated heterocycles. The standard InChI is InChI=1S/C41H22N4O.C37H20N4O.C36H19N5O/c1-2-11-24-23(10-1)19-20-32-34(24)35-30-17-9-21-42-38(30)40-36(29-16-7-8-18-33(29)46-40)39(35)45(32)41-43-22-31-27-14-4-3-12-25(27)26-13-5-6-15-28(26)37(31)44-41;1-2-10-23-19-30-27(18-22(23)9-1)32-26-13-7-17-38-34(26)36-33(25-12-5-6-14-31(25)42-36)35(32)41(30)37-39-20-28-24-11-4-3-8-21(24)15-16-29(28)40-37;1-3-8-22-20(6-1)12-14-28-26(22)19-39-36(40-28)41-29-10-5-16-38-32(29)30-24-15-17-37-18-27(24)35-31(33(30)41)25-13-11-21-7-2-4-9-23(21)34(25)42-35/h1-22H;1-20H;1-19H. The van der Waals surface area contributed by atoms with Crippen molar-refractivity contribution < 1.29 is 13.3 Å². The van der Waals surface area contributed by atoms with E-state index in [9.17, 15) is 0 Å². The second-order valence-corrected chi connectivity index (χ2v) is 33.5. The predicted molar refractivity (Wildman–Crippen MR) is 530 cm³/mol. The van der Waals surface area contributed by atoms with E-state index < -0.39 is 0 Å². The molecule has 0 aliphatic carbocycles. The molecule has 0 unspecified atom stereocenters. The Bertz CT molecular complexity index is 10500. The molecule has 0 aliphatic rings. The van der Waals surface area contributed by atoms with E-state index in [0.717, 1.165) is 234 Å². The van der Waals surface area contributed by atoms with Crippen molar-refractivity contribution in [2.45, 2.75) is 0 Å². The van der Waals surface area contributed by atoms with E-state index in [2.05, 4.69) is 292 Å². The maximum atomic E-state index is 6.78. The number of rotatable bonds is 3. The quantitative estimate of drug-likeness (QED) is 0.152. The Labute approximate surface area is 733 Å². The first-order valence-electron chi connectivity index (χ1n) is 43.4. The molecule has 13 aromatic heterocycles. The Morgan fingerprint density at radius 2 is 0.638 bits per heavy atom. The summed E-state index contributed by atoms with van der Waals surface area (Å²) < 4.78 is 26.5. The molecule has 31 rings (SSSR count). The zero-order valence-electron chi connectivity index (χ0n) is 68.8. The van der Waals surface area contributed by atoms with Gasteiger partial charge in [-0.05, 0) is 143 Å². The molecule has 31 aromatic rings. The number of benzene rings is 18. The molecule has 16 heteroatoms. The number of aromatic nitrogens is 13. The van der Waals surface area contributed by atoms with Gasteiger partial charge < -0.3 is 13.3 Å². The zero-order chi connectivity index (χ0) is 84.7. The molecule has 0 N–H and O–H groups in total. The first kappa shape index (κ1) is 70.4. The van der Waals surface area contributed by atoms with Gasteiger partial charge in [-0.2, -0.15) is 0 Å². The molecule has 18 aromatic carbocycles. The topological polar surface area (TPSA) is 183 Å². The van der Waals surface area contributed by atoms with Gasteiger partial charge in [-0.25, -0.2) is 29.9 Å². The van der Waals surface area contributed by atoms with Gasteiger partial charge in [0.15, 0.2) is 11.2 Å². The fraction of sp³-hybridized carbons (Fsp3) is 0. The van der Waals surface area contributed by atoms with Crippen molar-refractivity contribution in [3.8, 4) is 17.8 Å². The Morgan fingerprint density at radius 1 is 0.192 bits per heavy atom. The van der Waals surface area contributed by atoms with Crippen molar-refractivity contribution in [2.75, 3.05) is 0 Å².